The van der Waals surface area contributed by atoms with E-state index in [-0.39, 0.29) is 35.7 Å². The van der Waals surface area contributed by atoms with Gasteiger partial charge in [0, 0.05) is 0 Å². The molecular formula is C35H67O6PS. The van der Waals surface area contributed by atoms with E-state index in [1.165, 1.54) is 51.4 Å². The zero-order valence-electron chi connectivity index (χ0n) is 28.0. The summed E-state index contributed by atoms with van der Waals surface area (Å²) in [5.74, 6) is -0.207. The Hall–Kier alpha value is -0.230. The van der Waals surface area contributed by atoms with E-state index in [9.17, 15) is 13.2 Å². The van der Waals surface area contributed by atoms with Gasteiger partial charge in [0.25, 0.3) is 0 Å². The van der Waals surface area contributed by atoms with Crippen molar-refractivity contribution in [2.24, 2.45) is 0 Å². The molecule has 3 rings (SSSR count). The molecule has 3 saturated carbocycles. The number of hydrogen-bond acceptors (Lipinski definition) is 6. The number of ether oxygens (including phenoxy) is 1. The Morgan fingerprint density at radius 2 is 0.977 bits per heavy atom. The van der Waals surface area contributed by atoms with Crippen LogP contribution < -0.4 is 0 Å². The molecular weight excluding hydrogens is 579 g/mol. The van der Waals surface area contributed by atoms with Crippen LogP contribution in [-0.2, 0) is 28.1 Å². The second kappa shape index (κ2) is 19.4. The second-order valence-electron chi connectivity index (χ2n) is 14.2. The summed E-state index contributed by atoms with van der Waals surface area (Å²) in [6, 6.07) is 0. The average Bonchev–Trinajstić information content (AvgIpc) is 3.03. The van der Waals surface area contributed by atoms with Crippen molar-refractivity contribution in [1.29, 1.82) is 0 Å². The van der Waals surface area contributed by atoms with Gasteiger partial charge in [0.05, 0.1) is 0 Å². The molecule has 43 heavy (non-hydrogen) atoms. The van der Waals surface area contributed by atoms with Crippen LogP contribution in [0.4, 0.5) is 0 Å². The molecule has 0 radical (unpaired) electrons. The molecule has 0 aromatic carbocycles. The molecule has 0 atom stereocenters. The first kappa shape index (κ1) is 37.2. The van der Waals surface area contributed by atoms with Crippen LogP contribution in [0.2, 0.25) is 0 Å². The Balaban J connectivity index is 1.95. The standard InChI is InChI=1S/C35H67O6PS/c1-3-5-7-9-11-22-30-40-43(37,38)41-42(32-23-15-12-16-24-32,33-25-17-13-18-26-33,34-27-19-14-20-28-34)31-35(36)39-29-21-10-8-6-4-2/h32-34H,3-31H2,1-2H3. The number of rotatable bonds is 21. The molecule has 0 aromatic heterocycles. The van der Waals surface area contributed by atoms with E-state index in [1.807, 2.05) is 0 Å². The van der Waals surface area contributed by atoms with Crippen LogP contribution in [0.3, 0.4) is 0 Å². The Bertz CT molecular complexity index is 826. The first-order valence-electron chi connectivity index (χ1n) is 18.6. The van der Waals surface area contributed by atoms with Crippen LogP contribution in [0.25, 0.3) is 0 Å². The molecule has 6 nitrogen and oxygen atoms in total. The van der Waals surface area contributed by atoms with Crippen molar-refractivity contribution < 1.29 is 26.1 Å². The van der Waals surface area contributed by atoms with Gasteiger partial charge in [-0.25, -0.2) is 0 Å². The van der Waals surface area contributed by atoms with E-state index in [4.69, 9.17) is 12.9 Å². The summed E-state index contributed by atoms with van der Waals surface area (Å²) in [5, 5.41) is 0. The minimum absolute atomic E-state index is 0.149. The molecule has 0 aromatic rings. The summed E-state index contributed by atoms with van der Waals surface area (Å²) >= 11 is 0. The molecule has 0 amide bonds. The van der Waals surface area contributed by atoms with E-state index in [0.29, 0.717) is 6.61 Å². The zero-order valence-corrected chi connectivity index (χ0v) is 29.8. The van der Waals surface area contributed by atoms with Gasteiger partial charge in [-0.2, -0.15) is 0 Å². The van der Waals surface area contributed by atoms with Crippen LogP contribution >= 0.6 is 6.83 Å². The van der Waals surface area contributed by atoms with Crippen LogP contribution in [0, 0.1) is 0 Å². The fraction of sp³-hybridized carbons (Fsp3) is 0.971. The molecule has 8 heteroatoms. The summed E-state index contributed by atoms with van der Waals surface area (Å²) < 4.78 is 46.9. The van der Waals surface area contributed by atoms with Crippen molar-refractivity contribution in [2.75, 3.05) is 19.4 Å². The second-order valence-corrected chi connectivity index (χ2v) is 21.2. The van der Waals surface area contributed by atoms with Crippen molar-refractivity contribution >= 4 is 23.2 Å². The van der Waals surface area contributed by atoms with Crippen molar-refractivity contribution in [3.63, 3.8) is 0 Å². The molecule has 0 aliphatic heterocycles. The molecule has 3 aliphatic rings. The summed E-state index contributed by atoms with van der Waals surface area (Å²) in [7, 11) is -4.27. The number of carbonyl (C=O) groups is 1. The fourth-order valence-electron chi connectivity index (χ4n) is 8.99. The molecule has 0 spiro atoms. The third-order valence-electron chi connectivity index (χ3n) is 11.2. The molecule has 0 bridgehead atoms. The van der Waals surface area contributed by atoms with Crippen molar-refractivity contribution in [2.45, 2.75) is 198 Å². The molecule has 254 valence electrons. The van der Waals surface area contributed by atoms with Crippen molar-refractivity contribution in [3.05, 3.63) is 0 Å². The maximum atomic E-state index is 14.1. The normalized spacial score (nSPS) is 20.9. The minimum atomic E-state index is -4.27. The Labute approximate surface area is 265 Å². The molecule has 0 N–H and O–H groups in total. The molecule has 3 fully saturated rings. The fourth-order valence-corrected chi connectivity index (χ4v) is 20.8. The summed E-state index contributed by atoms with van der Waals surface area (Å²) in [4.78, 5) is 14.0. The van der Waals surface area contributed by atoms with E-state index >= 15 is 0 Å². The van der Waals surface area contributed by atoms with Crippen LogP contribution in [-0.4, -0.2) is 50.7 Å². The molecule has 0 unspecified atom stereocenters. The number of esters is 1. The molecule has 0 heterocycles. The average molecular weight is 647 g/mol. The van der Waals surface area contributed by atoms with E-state index in [0.717, 1.165) is 116 Å². The van der Waals surface area contributed by atoms with Gasteiger partial charge >= 0.3 is 266 Å². The SMILES string of the molecule is CCCCCCCCOS(=O)(=O)OP(CC(=O)OCCCCCCC)(C1CCCCC1)(C1CCCCC1)C1CCCCC1. The molecule has 3 aliphatic carbocycles. The first-order valence-corrected chi connectivity index (χ1v) is 22.5. The predicted octanol–water partition coefficient (Wildman–Crippen LogP) is 10.6. The number of hydrogen-bond donors (Lipinski definition) is 0. The van der Waals surface area contributed by atoms with E-state index < -0.39 is 17.2 Å². The summed E-state index contributed by atoms with van der Waals surface area (Å²) in [6.45, 7) is 1.27. The molecule has 0 saturated heterocycles. The van der Waals surface area contributed by atoms with Crippen molar-refractivity contribution in [1.82, 2.24) is 0 Å². The summed E-state index contributed by atoms with van der Waals surface area (Å²) in [6.07, 6.45) is 28.0. The third-order valence-corrected chi connectivity index (χ3v) is 21.3. The van der Waals surface area contributed by atoms with E-state index in [1.54, 1.807) is 0 Å². The van der Waals surface area contributed by atoms with Gasteiger partial charge in [0.2, 0.25) is 0 Å². The van der Waals surface area contributed by atoms with Crippen LogP contribution in [0.5, 0.6) is 0 Å². The maximum absolute atomic E-state index is 14.1. The van der Waals surface area contributed by atoms with Crippen LogP contribution in [0.1, 0.15) is 181 Å². The van der Waals surface area contributed by atoms with Gasteiger partial charge in [0.1, 0.15) is 0 Å². The third kappa shape index (κ3) is 10.6. The van der Waals surface area contributed by atoms with Gasteiger partial charge in [-0.1, -0.05) is 0 Å². The summed E-state index contributed by atoms with van der Waals surface area (Å²) in [5.41, 5.74) is 0.446. The van der Waals surface area contributed by atoms with Gasteiger partial charge in [-0.15, -0.1) is 0 Å². The topological polar surface area (TPSA) is 78.9 Å². The number of carbonyl (C=O) groups excluding carboxylic acids is 1. The zero-order chi connectivity index (χ0) is 30.9. The number of unbranched alkanes of at least 4 members (excludes halogenated alkanes) is 9. The van der Waals surface area contributed by atoms with Gasteiger partial charge < -0.3 is 0 Å². The van der Waals surface area contributed by atoms with E-state index in [2.05, 4.69) is 13.8 Å². The Kier molecular flexibility index (Phi) is 16.8. The van der Waals surface area contributed by atoms with Gasteiger partial charge in [-0.3, -0.25) is 0 Å². The Morgan fingerprint density at radius 3 is 1.42 bits per heavy atom. The first-order chi connectivity index (χ1) is 20.9. The monoisotopic (exact) mass is 646 g/mol. The quantitative estimate of drug-likeness (QED) is 0.0701. The van der Waals surface area contributed by atoms with Crippen molar-refractivity contribution in [3.8, 4) is 0 Å². The van der Waals surface area contributed by atoms with Gasteiger partial charge in [-0.05, 0) is 0 Å². The van der Waals surface area contributed by atoms with Gasteiger partial charge in [0.15, 0.2) is 0 Å². The Morgan fingerprint density at radius 1 is 0.581 bits per heavy atom. The predicted molar refractivity (Wildman–Crippen MR) is 181 cm³/mol. The van der Waals surface area contributed by atoms with Crippen LogP contribution in [0.15, 0.2) is 0 Å².